The first-order valence-electron chi connectivity index (χ1n) is 6.28. The van der Waals surface area contributed by atoms with Gasteiger partial charge in [-0.15, -0.1) is 0 Å². The topological polar surface area (TPSA) is 55.1 Å². The molecule has 0 heterocycles. The Kier molecular flexibility index (Phi) is 5.35. The molecular formula is C14H21BrN2O. The molecule has 0 spiro atoms. The predicted octanol–water partition coefficient (Wildman–Crippen LogP) is 3.14. The summed E-state index contributed by atoms with van der Waals surface area (Å²) in [6, 6.07) is 7.86. The number of carbonyl (C=O) groups excluding carboxylic acids is 1. The molecule has 0 unspecified atom stereocenters. The summed E-state index contributed by atoms with van der Waals surface area (Å²) in [7, 11) is 0. The first-order chi connectivity index (χ1) is 8.42. The molecule has 1 aromatic rings. The molecule has 3 N–H and O–H groups in total. The van der Waals surface area contributed by atoms with Crippen LogP contribution in [0.25, 0.3) is 0 Å². The third-order valence-electron chi connectivity index (χ3n) is 3.41. The smallest absolute Gasteiger partial charge is 0.240 e. The van der Waals surface area contributed by atoms with E-state index in [-0.39, 0.29) is 11.9 Å². The van der Waals surface area contributed by atoms with Crippen molar-refractivity contribution < 1.29 is 4.79 Å². The molecule has 0 fully saturated rings. The molecule has 0 bridgehead atoms. The van der Waals surface area contributed by atoms with Crippen molar-refractivity contribution >= 4 is 21.8 Å². The normalized spacial score (nSPS) is 13.2. The molecule has 0 aliphatic heterocycles. The van der Waals surface area contributed by atoms with Crippen molar-refractivity contribution in [3.63, 3.8) is 0 Å². The average Bonchev–Trinajstić information content (AvgIpc) is 2.37. The molecule has 3 nitrogen and oxygen atoms in total. The summed E-state index contributed by atoms with van der Waals surface area (Å²) in [5.74, 6) is -0.0834. The fourth-order valence-corrected chi connectivity index (χ4v) is 2.19. The second kappa shape index (κ2) is 6.34. The number of amides is 1. The van der Waals surface area contributed by atoms with E-state index in [1.54, 1.807) is 0 Å². The molecule has 4 heteroatoms. The van der Waals surface area contributed by atoms with Crippen LogP contribution in [0, 0.1) is 0 Å². The van der Waals surface area contributed by atoms with Gasteiger partial charge in [0.15, 0.2) is 0 Å². The summed E-state index contributed by atoms with van der Waals surface area (Å²) in [6.45, 7) is 5.84. The van der Waals surface area contributed by atoms with Crippen molar-refractivity contribution in [3.05, 3.63) is 34.3 Å². The van der Waals surface area contributed by atoms with Crippen LogP contribution in [-0.4, -0.2) is 11.4 Å². The highest BCUT2D eigenvalue weighted by Crippen LogP contribution is 2.19. The summed E-state index contributed by atoms with van der Waals surface area (Å²) in [6.07, 6.45) is 1.28. The Balaban J connectivity index is 2.76. The Bertz CT molecular complexity index is 416. The van der Waals surface area contributed by atoms with Gasteiger partial charge in [-0.2, -0.15) is 0 Å². The van der Waals surface area contributed by atoms with Crippen LogP contribution in [0.15, 0.2) is 28.7 Å². The van der Waals surface area contributed by atoms with Gasteiger partial charge >= 0.3 is 0 Å². The molecule has 1 aromatic carbocycles. The van der Waals surface area contributed by atoms with E-state index >= 15 is 0 Å². The lowest BCUT2D eigenvalue weighted by Gasteiger charge is -2.27. The maximum atomic E-state index is 12.1. The molecule has 100 valence electrons. The van der Waals surface area contributed by atoms with E-state index in [9.17, 15) is 4.79 Å². The maximum Gasteiger partial charge on any atom is 0.240 e. The molecule has 1 amide bonds. The third-order valence-corrected chi connectivity index (χ3v) is 3.90. The van der Waals surface area contributed by atoms with Crippen molar-refractivity contribution in [2.24, 2.45) is 5.73 Å². The number of hydrogen-bond donors (Lipinski definition) is 2. The summed E-state index contributed by atoms with van der Waals surface area (Å²) in [5.41, 5.74) is 6.37. The molecule has 18 heavy (non-hydrogen) atoms. The number of hydrogen-bond acceptors (Lipinski definition) is 2. The SMILES string of the molecule is CCC(N)(CC)C(=O)N[C@@H](C)c1cccc(Br)c1. The number of carbonyl (C=O) groups is 1. The van der Waals surface area contributed by atoms with Crippen LogP contribution in [-0.2, 0) is 4.79 Å². The fraction of sp³-hybridized carbons (Fsp3) is 0.500. The molecule has 0 saturated heterocycles. The second-order valence-corrected chi connectivity index (χ2v) is 5.53. The van der Waals surface area contributed by atoms with Gasteiger partial charge in [0.2, 0.25) is 5.91 Å². The molecule has 0 radical (unpaired) electrons. The first kappa shape index (κ1) is 15.2. The standard InChI is InChI=1S/C14H21BrN2O/c1-4-14(16,5-2)13(18)17-10(3)11-7-6-8-12(15)9-11/h6-10H,4-5,16H2,1-3H3,(H,17,18)/t10-/m0/s1. The Morgan fingerprint density at radius 2 is 2.06 bits per heavy atom. The molecular weight excluding hydrogens is 292 g/mol. The van der Waals surface area contributed by atoms with E-state index in [0.29, 0.717) is 12.8 Å². The summed E-state index contributed by atoms with van der Waals surface area (Å²) < 4.78 is 1.01. The minimum absolute atomic E-state index is 0.0453. The van der Waals surface area contributed by atoms with Gasteiger partial charge in [0.25, 0.3) is 0 Å². The van der Waals surface area contributed by atoms with Crippen LogP contribution < -0.4 is 11.1 Å². The van der Waals surface area contributed by atoms with E-state index in [1.165, 1.54) is 0 Å². The average molecular weight is 313 g/mol. The molecule has 0 aliphatic rings. The Morgan fingerprint density at radius 1 is 1.44 bits per heavy atom. The van der Waals surface area contributed by atoms with Crippen LogP contribution >= 0.6 is 15.9 Å². The molecule has 1 atom stereocenters. The van der Waals surface area contributed by atoms with Crippen molar-refractivity contribution in [1.82, 2.24) is 5.32 Å². The van der Waals surface area contributed by atoms with Crippen LogP contribution in [0.3, 0.4) is 0 Å². The fourth-order valence-electron chi connectivity index (χ4n) is 1.77. The number of rotatable bonds is 5. The van der Waals surface area contributed by atoms with Gasteiger partial charge < -0.3 is 11.1 Å². The van der Waals surface area contributed by atoms with E-state index in [0.717, 1.165) is 10.0 Å². The van der Waals surface area contributed by atoms with Crippen molar-refractivity contribution in [2.45, 2.75) is 45.2 Å². The van der Waals surface area contributed by atoms with Gasteiger partial charge in [0.1, 0.15) is 0 Å². The van der Waals surface area contributed by atoms with Crippen LogP contribution in [0.2, 0.25) is 0 Å². The van der Waals surface area contributed by atoms with Gasteiger partial charge in [-0.25, -0.2) is 0 Å². The highest BCUT2D eigenvalue weighted by molar-refractivity contribution is 9.10. The largest absolute Gasteiger partial charge is 0.348 e. The molecule has 0 saturated carbocycles. The van der Waals surface area contributed by atoms with Crippen molar-refractivity contribution in [2.75, 3.05) is 0 Å². The highest BCUT2D eigenvalue weighted by Gasteiger charge is 2.30. The molecule has 0 aliphatic carbocycles. The summed E-state index contributed by atoms with van der Waals surface area (Å²) in [5, 5.41) is 2.98. The lowest BCUT2D eigenvalue weighted by molar-refractivity contribution is -0.127. The van der Waals surface area contributed by atoms with Gasteiger partial charge in [-0.3, -0.25) is 4.79 Å². The predicted molar refractivity (Wildman–Crippen MR) is 78.2 cm³/mol. The quantitative estimate of drug-likeness (QED) is 0.877. The zero-order chi connectivity index (χ0) is 13.8. The van der Waals surface area contributed by atoms with E-state index in [4.69, 9.17) is 5.73 Å². The van der Waals surface area contributed by atoms with Crippen LogP contribution in [0.4, 0.5) is 0 Å². The number of halogens is 1. The van der Waals surface area contributed by atoms with Crippen LogP contribution in [0.1, 0.15) is 45.2 Å². The van der Waals surface area contributed by atoms with Crippen molar-refractivity contribution in [1.29, 1.82) is 0 Å². The Morgan fingerprint density at radius 3 is 2.56 bits per heavy atom. The monoisotopic (exact) mass is 312 g/mol. The van der Waals surface area contributed by atoms with E-state index in [1.807, 2.05) is 45.0 Å². The Hall–Kier alpha value is -0.870. The summed E-state index contributed by atoms with van der Waals surface area (Å²) in [4.78, 5) is 12.1. The zero-order valence-corrected chi connectivity index (χ0v) is 12.8. The molecule has 1 rings (SSSR count). The highest BCUT2D eigenvalue weighted by atomic mass is 79.9. The van der Waals surface area contributed by atoms with Gasteiger partial charge in [-0.1, -0.05) is 41.9 Å². The van der Waals surface area contributed by atoms with E-state index < -0.39 is 5.54 Å². The lowest BCUT2D eigenvalue weighted by atomic mass is 9.92. The van der Waals surface area contributed by atoms with Gasteiger partial charge in [0, 0.05) is 4.47 Å². The maximum absolute atomic E-state index is 12.1. The third kappa shape index (κ3) is 3.56. The first-order valence-corrected chi connectivity index (χ1v) is 7.07. The summed E-state index contributed by atoms with van der Waals surface area (Å²) >= 11 is 3.43. The minimum Gasteiger partial charge on any atom is -0.348 e. The minimum atomic E-state index is -0.764. The molecule has 0 aromatic heterocycles. The van der Waals surface area contributed by atoms with Crippen molar-refractivity contribution in [3.8, 4) is 0 Å². The van der Waals surface area contributed by atoms with Crippen LogP contribution in [0.5, 0.6) is 0 Å². The lowest BCUT2D eigenvalue weighted by Crippen LogP contribution is -2.53. The number of nitrogens with two attached hydrogens (primary N) is 1. The van der Waals surface area contributed by atoms with E-state index in [2.05, 4.69) is 21.2 Å². The van der Waals surface area contributed by atoms with Gasteiger partial charge in [-0.05, 0) is 37.5 Å². The number of nitrogens with one attached hydrogen (secondary N) is 1. The number of benzene rings is 1. The Labute approximate surface area is 117 Å². The zero-order valence-electron chi connectivity index (χ0n) is 11.2. The second-order valence-electron chi connectivity index (χ2n) is 4.61. The van der Waals surface area contributed by atoms with Gasteiger partial charge in [0.05, 0.1) is 11.6 Å².